The van der Waals surface area contributed by atoms with Gasteiger partial charge in [-0.1, -0.05) is 42.5 Å². The summed E-state index contributed by atoms with van der Waals surface area (Å²) in [5, 5.41) is 5.95. The molecule has 0 saturated carbocycles. The van der Waals surface area contributed by atoms with Gasteiger partial charge in [0.25, 0.3) is 5.91 Å². The second-order valence-electron chi connectivity index (χ2n) is 6.04. The van der Waals surface area contributed by atoms with Crippen LogP contribution in [0.5, 0.6) is 0 Å². The van der Waals surface area contributed by atoms with E-state index >= 15 is 0 Å². The monoisotopic (exact) mass is 360 g/mol. The van der Waals surface area contributed by atoms with E-state index in [9.17, 15) is 9.59 Å². The molecular formula is C21H20N4O2. The molecule has 0 aliphatic carbocycles. The predicted octanol–water partition coefficient (Wildman–Crippen LogP) is 3.59. The van der Waals surface area contributed by atoms with Crippen molar-refractivity contribution in [3.63, 3.8) is 0 Å². The first-order chi connectivity index (χ1) is 13.1. The number of amides is 1. The quantitative estimate of drug-likeness (QED) is 0.629. The fraction of sp³-hybridized carbons (Fsp3) is 0.143. The van der Waals surface area contributed by atoms with Crippen LogP contribution in [0.3, 0.4) is 0 Å². The normalized spacial score (nSPS) is 10.3. The van der Waals surface area contributed by atoms with Gasteiger partial charge in [0.1, 0.15) is 17.8 Å². The number of hydrogen-bond donors (Lipinski definition) is 2. The Kier molecular flexibility index (Phi) is 5.89. The van der Waals surface area contributed by atoms with Gasteiger partial charge >= 0.3 is 0 Å². The largest absolute Gasteiger partial charge is 0.370 e. The van der Waals surface area contributed by atoms with Crippen molar-refractivity contribution in [2.24, 2.45) is 0 Å². The van der Waals surface area contributed by atoms with Gasteiger partial charge in [0.05, 0.1) is 0 Å². The number of anilines is 2. The molecule has 6 heteroatoms. The lowest BCUT2D eigenvalue weighted by molar-refractivity contribution is 0.100. The number of carbonyl (C=O) groups excluding carboxylic acids is 2. The third-order valence-electron chi connectivity index (χ3n) is 3.99. The highest BCUT2D eigenvalue weighted by Gasteiger charge is 2.10. The van der Waals surface area contributed by atoms with E-state index in [1.807, 2.05) is 18.2 Å². The Morgan fingerprint density at radius 3 is 2.56 bits per heavy atom. The molecule has 1 amide bonds. The van der Waals surface area contributed by atoms with Crippen LogP contribution in [-0.2, 0) is 6.42 Å². The summed E-state index contributed by atoms with van der Waals surface area (Å²) in [5.41, 5.74) is 2.56. The van der Waals surface area contributed by atoms with Crippen molar-refractivity contribution >= 4 is 23.2 Å². The summed E-state index contributed by atoms with van der Waals surface area (Å²) < 4.78 is 0. The zero-order valence-electron chi connectivity index (χ0n) is 15.0. The van der Waals surface area contributed by atoms with Crippen LogP contribution < -0.4 is 10.6 Å². The average Bonchev–Trinajstić information content (AvgIpc) is 2.69. The molecule has 2 N–H and O–H groups in total. The number of aromatic nitrogens is 2. The number of hydrogen-bond acceptors (Lipinski definition) is 5. The zero-order chi connectivity index (χ0) is 19.1. The van der Waals surface area contributed by atoms with Crippen molar-refractivity contribution in [1.29, 1.82) is 0 Å². The first-order valence-corrected chi connectivity index (χ1v) is 8.64. The van der Waals surface area contributed by atoms with E-state index < -0.39 is 0 Å². The van der Waals surface area contributed by atoms with Gasteiger partial charge in [-0.25, -0.2) is 9.97 Å². The molecule has 0 bridgehead atoms. The molecule has 2 aromatic carbocycles. The maximum absolute atomic E-state index is 12.4. The van der Waals surface area contributed by atoms with Crippen molar-refractivity contribution in [3.05, 3.63) is 83.8 Å². The number of nitrogens with one attached hydrogen (secondary N) is 2. The van der Waals surface area contributed by atoms with E-state index in [2.05, 4.69) is 32.7 Å². The SMILES string of the molecule is CC(=O)c1cccc(NC(=O)c2cc(NCCc3ccccc3)ncn2)c1. The smallest absolute Gasteiger partial charge is 0.274 e. The van der Waals surface area contributed by atoms with Gasteiger partial charge in [-0.2, -0.15) is 0 Å². The molecular weight excluding hydrogens is 340 g/mol. The molecule has 0 aliphatic heterocycles. The number of ketones is 1. The summed E-state index contributed by atoms with van der Waals surface area (Å²) in [6.45, 7) is 2.18. The molecule has 6 nitrogen and oxygen atoms in total. The van der Waals surface area contributed by atoms with Gasteiger partial charge in [-0.3, -0.25) is 9.59 Å². The Bertz CT molecular complexity index is 942. The van der Waals surface area contributed by atoms with Gasteiger partial charge < -0.3 is 10.6 Å². The molecule has 136 valence electrons. The Balaban J connectivity index is 1.61. The Morgan fingerprint density at radius 1 is 0.963 bits per heavy atom. The van der Waals surface area contributed by atoms with E-state index in [4.69, 9.17) is 0 Å². The molecule has 1 heterocycles. The number of rotatable bonds is 7. The highest BCUT2D eigenvalue weighted by atomic mass is 16.2. The number of nitrogens with zero attached hydrogens (tertiary/aromatic N) is 2. The van der Waals surface area contributed by atoms with Gasteiger partial charge in [-0.15, -0.1) is 0 Å². The van der Waals surface area contributed by atoms with Crippen LogP contribution in [0.2, 0.25) is 0 Å². The second kappa shape index (κ2) is 8.71. The average molecular weight is 360 g/mol. The molecule has 0 aliphatic rings. The zero-order valence-corrected chi connectivity index (χ0v) is 15.0. The summed E-state index contributed by atoms with van der Waals surface area (Å²) >= 11 is 0. The molecule has 3 rings (SSSR count). The van der Waals surface area contributed by atoms with Crippen molar-refractivity contribution in [2.45, 2.75) is 13.3 Å². The lowest BCUT2D eigenvalue weighted by Crippen LogP contribution is -2.15. The Morgan fingerprint density at radius 2 is 1.78 bits per heavy atom. The van der Waals surface area contributed by atoms with E-state index in [-0.39, 0.29) is 17.4 Å². The molecule has 1 aromatic heterocycles. The fourth-order valence-corrected chi connectivity index (χ4v) is 2.57. The van der Waals surface area contributed by atoms with Crippen molar-refractivity contribution in [1.82, 2.24) is 9.97 Å². The van der Waals surface area contributed by atoms with Crippen molar-refractivity contribution in [2.75, 3.05) is 17.2 Å². The first kappa shape index (κ1) is 18.3. The van der Waals surface area contributed by atoms with Gasteiger partial charge in [0.2, 0.25) is 0 Å². The third-order valence-corrected chi connectivity index (χ3v) is 3.99. The topological polar surface area (TPSA) is 84.0 Å². The molecule has 0 saturated heterocycles. The van der Waals surface area contributed by atoms with Crippen LogP contribution in [-0.4, -0.2) is 28.2 Å². The van der Waals surface area contributed by atoms with E-state index in [0.29, 0.717) is 23.6 Å². The lowest BCUT2D eigenvalue weighted by Gasteiger charge is -2.08. The molecule has 0 unspecified atom stereocenters. The highest BCUT2D eigenvalue weighted by Crippen LogP contribution is 2.13. The second-order valence-corrected chi connectivity index (χ2v) is 6.04. The molecule has 0 radical (unpaired) electrons. The Labute approximate surface area is 157 Å². The predicted molar refractivity (Wildman–Crippen MR) is 105 cm³/mol. The minimum atomic E-state index is -0.357. The summed E-state index contributed by atoms with van der Waals surface area (Å²) in [6, 6.07) is 18.5. The van der Waals surface area contributed by atoms with Crippen LogP contribution in [0, 0.1) is 0 Å². The standard InChI is InChI=1S/C21H20N4O2/c1-15(26)17-8-5-9-18(12-17)25-21(27)19-13-20(24-14-23-19)22-11-10-16-6-3-2-4-7-16/h2-9,12-14H,10-11H2,1H3,(H,25,27)(H,22,23,24). The van der Waals surface area contributed by atoms with E-state index in [0.717, 1.165) is 6.42 Å². The van der Waals surface area contributed by atoms with Crippen molar-refractivity contribution in [3.8, 4) is 0 Å². The fourth-order valence-electron chi connectivity index (χ4n) is 2.57. The molecule has 0 fully saturated rings. The third kappa shape index (κ3) is 5.22. The van der Waals surface area contributed by atoms with Crippen LogP contribution >= 0.6 is 0 Å². The van der Waals surface area contributed by atoms with Gasteiger partial charge in [0.15, 0.2) is 5.78 Å². The van der Waals surface area contributed by atoms with Crippen molar-refractivity contribution < 1.29 is 9.59 Å². The summed E-state index contributed by atoms with van der Waals surface area (Å²) in [7, 11) is 0. The van der Waals surface area contributed by atoms with Gasteiger partial charge in [0, 0.05) is 23.9 Å². The number of benzene rings is 2. The van der Waals surface area contributed by atoms with Crippen LogP contribution in [0.4, 0.5) is 11.5 Å². The lowest BCUT2D eigenvalue weighted by atomic mass is 10.1. The first-order valence-electron chi connectivity index (χ1n) is 8.64. The van der Waals surface area contributed by atoms with Gasteiger partial charge in [-0.05, 0) is 31.0 Å². The summed E-state index contributed by atoms with van der Waals surface area (Å²) in [4.78, 5) is 32.1. The molecule has 0 spiro atoms. The molecule has 3 aromatic rings. The summed E-state index contributed by atoms with van der Waals surface area (Å²) in [6.07, 6.45) is 2.20. The van der Waals surface area contributed by atoms with E-state index in [1.165, 1.54) is 18.8 Å². The van der Waals surface area contributed by atoms with Crippen LogP contribution in [0.15, 0.2) is 67.0 Å². The number of carbonyl (C=O) groups is 2. The Hall–Kier alpha value is -3.54. The maximum atomic E-state index is 12.4. The number of Topliss-reactive ketones (excluding diaryl/α,β-unsaturated/α-hetero) is 1. The minimum Gasteiger partial charge on any atom is -0.370 e. The maximum Gasteiger partial charge on any atom is 0.274 e. The highest BCUT2D eigenvalue weighted by molar-refractivity contribution is 6.04. The summed E-state index contributed by atoms with van der Waals surface area (Å²) in [5.74, 6) is 0.172. The van der Waals surface area contributed by atoms with Crippen LogP contribution in [0.25, 0.3) is 0 Å². The van der Waals surface area contributed by atoms with Crippen LogP contribution in [0.1, 0.15) is 33.3 Å². The molecule has 0 atom stereocenters. The molecule has 27 heavy (non-hydrogen) atoms. The van der Waals surface area contributed by atoms with E-state index in [1.54, 1.807) is 30.3 Å². The minimum absolute atomic E-state index is 0.0574.